The molecule has 0 aliphatic heterocycles. The van der Waals surface area contributed by atoms with Crippen LogP contribution in [0.15, 0.2) is 0 Å². The van der Waals surface area contributed by atoms with Gasteiger partial charge in [0.2, 0.25) is 5.91 Å². The van der Waals surface area contributed by atoms with E-state index in [2.05, 4.69) is 48.5 Å². The molecule has 0 fully saturated rings. The molecule has 2 heteroatoms. The maximum atomic E-state index is 11.7. The van der Waals surface area contributed by atoms with Gasteiger partial charge in [-0.1, -0.05) is 41.5 Å². The third-order valence-electron chi connectivity index (χ3n) is 2.93. The number of amides is 1. The van der Waals surface area contributed by atoms with Crippen LogP contribution in [-0.2, 0) is 4.79 Å². The van der Waals surface area contributed by atoms with Gasteiger partial charge >= 0.3 is 0 Å². The molecule has 96 valence electrons. The Morgan fingerprint density at radius 2 is 1.56 bits per heavy atom. The number of hydrogen-bond acceptors (Lipinski definition) is 1. The van der Waals surface area contributed by atoms with Gasteiger partial charge in [0.25, 0.3) is 0 Å². The molecule has 16 heavy (non-hydrogen) atoms. The number of hydrogen-bond donors (Lipinski definition) is 0. The van der Waals surface area contributed by atoms with Crippen molar-refractivity contribution in [3.05, 3.63) is 0 Å². The molecule has 0 aliphatic carbocycles. The zero-order valence-electron chi connectivity index (χ0n) is 12.3. The fourth-order valence-electron chi connectivity index (χ4n) is 2.13. The van der Waals surface area contributed by atoms with Crippen molar-refractivity contribution in [2.45, 2.75) is 67.9 Å². The second-order valence-electron chi connectivity index (χ2n) is 6.95. The molecule has 2 nitrogen and oxygen atoms in total. The topological polar surface area (TPSA) is 20.3 Å². The third kappa shape index (κ3) is 5.00. The Morgan fingerprint density at radius 1 is 1.12 bits per heavy atom. The van der Waals surface area contributed by atoms with Crippen LogP contribution in [0, 0.1) is 10.8 Å². The second-order valence-corrected chi connectivity index (χ2v) is 6.95. The first-order valence-electron chi connectivity index (χ1n) is 6.26. The van der Waals surface area contributed by atoms with E-state index in [1.807, 2.05) is 4.90 Å². The lowest BCUT2D eigenvalue weighted by atomic mass is 9.76. The van der Waals surface area contributed by atoms with E-state index in [1.54, 1.807) is 6.92 Å². The minimum absolute atomic E-state index is 0.134. The van der Waals surface area contributed by atoms with E-state index in [1.165, 1.54) is 0 Å². The monoisotopic (exact) mass is 227 g/mol. The Bertz CT molecular complexity index is 232. The second kappa shape index (κ2) is 5.20. The maximum Gasteiger partial charge on any atom is 0.219 e. The van der Waals surface area contributed by atoms with Crippen molar-refractivity contribution in [2.75, 3.05) is 6.54 Å². The first kappa shape index (κ1) is 15.5. The summed E-state index contributed by atoms with van der Waals surface area (Å²) in [5.74, 6) is 0.187. The maximum absolute atomic E-state index is 11.7. The van der Waals surface area contributed by atoms with Crippen LogP contribution in [-0.4, -0.2) is 23.4 Å². The van der Waals surface area contributed by atoms with Crippen molar-refractivity contribution in [1.29, 1.82) is 0 Å². The van der Waals surface area contributed by atoms with Crippen molar-refractivity contribution < 1.29 is 4.79 Å². The summed E-state index contributed by atoms with van der Waals surface area (Å²) < 4.78 is 0. The molecular weight excluding hydrogens is 198 g/mol. The van der Waals surface area contributed by atoms with E-state index in [9.17, 15) is 4.79 Å². The van der Waals surface area contributed by atoms with Gasteiger partial charge in [-0.2, -0.15) is 0 Å². The molecule has 0 bridgehead atoms. The lowest BCUT2D eigenvalue weighted by molar-refractivity contribution is -0.134. The fourth-order valence-corrected chi connectivity index (χ4v) is 2.13. The Balaban J connectivity index is 5.01. The smallest absolute Gasteiger partial charge is 0.219 e. The van der Waals surface area contributed by atoms with E-state index >= 15 is 0 Å². The summed E-state index contributed by atoms with van der Waals surface area (Å²) in [6.07, 6.45) is 1.05. The van der Waals surface area contributed by atoms with Gasteiger partial charge < -0.3 is 4.90 Å². The molecule has 0 heterocycles. The van der Waals surface area contributed by atoms with Crippen LogP contribution >= 0.6 is 0 Å². The minimum Gasteiger partial charge on any atom is -0.340 e. The lowest BCUT2D eigenvalue weighted by Crippen LogP contribution is -2.48. The van der Waals surface area contributed by atoms with Gasteiger partial charge in [0, 0.05) is 19.5 Å². The van der Waals surface area contributed by atoms with Gasteiger partial charge in [0.05, 0.1) is 0 Å². The molecule has 1 unspecified atom stereocenters. The molecule has 0 aromatic heterocycles. The molecule has 0 aromatic carbocycles. The molecule has 0 spiro atoms. The van der Waals surface area contributed by atoms with Crippen molar-refractivity contribution in [3.63, 3.8) is 0 Å². The summed E-state index contributed by atoms with van der Waals surface area (Å²) in [4.78, 5) is 13.7. The van der Waals surface area contributed by atoms with Crippen LogP contribution in [0.3, 0.4) is 0 Å². The van der Waals surface area contributed by atoms with Crippen LogP contribution in [0.1, 0.15) is 61.8 Å². The van der Waals surface area contributed by atoms with Crippen LogP contribution in [0.25, 0.3) is 0 Å². The number of carbonyl (C=O) groups excluding carboxylic acids is 1. The van der Waals surface area contributed by atoms with Gasteiger partial charge in [0.1, 0.15) is 0 Å². The summed E-state index contributed by atoms with van der Waals surface area (Å²) in [5, 5.41) is 0. The molecule has 0 N–H and O–H groups in total. The quantitative estimate of drug-likeness (QED) is 0.720. The summed E-state index contributed by atoms with van der Waals surface area (Å²) in [7, 11) is 0. The van der Waals surface area contributed by atoms with Crippen molar-refractivity contribution in [2.24, 2.45) is 10.8 Å². The van der Waals surface area contributed by atoms with E-state index < -0.39 is 0 Å². The first-order valence-corrected chi connectivity index (χ1v) is 6.26. The molecule has 0 saturated carbocycles. The summed E-state index contributed by atoms with van der Waals surface area (Å²) in [6.45, 7) is 17.9. The van der Waals surface area contributed by atoms with Gasteiger partial charge in [-0.3, -0.25) is 4.79 Å². The standard InChI is InChI=1S/C14H29NO/c1-9-15(11(2)16)12(14(6,7)8)10-13(3,4)5/h12H,9-10H2,1-8H3. The van der Waals surface area contributed by atoms with Gasteiger partial charge in [-0.05, 0) is 24.2 Å². The van der Waals surface area contributed by atoms with E-state index in [4.69, 9.17) is 0 Å². The first-order chi connectivity index (χ1) is 6.99. The highest BCUT2D eigenvalue weighted by Gasteiger charge is 2.34. The van der Waals surface area contributed by atoms with Gasteiger partial charge in [0.15, 0.2) is 0 Å². The van der Waals surface area contributed by atoms with E-state index in [-0.39, 0.29) is 16.7 Å². The SMILES string of the molecule is CCN(C(C)=O)C(CC(C)(C)C)C(C)(C)C. The van der Waals surface area contributed by atoms with E-state index in [0.717, 1.165) is 13.0 Å². The van der Waals surface area contributed by atoms with E-state index in [0.29, 0.717) is 6.04 Å². The molecule has 1 amide bonds. The molecule has 0 aliphatic rings. The fraction of sp³-hybridized carbons (Fsp3) is 0.929. The predicted molar refractivity (Wildman–Crippen MR) is 70.4 cm³/mol. The Kier molecular flexibility index (Phi) is 5.03. The summed E-state index contributed by atoms with van der Waals surface area (Å²) in [5.41, 5.74) is 0.385. The normalized spacial score (nSPS) is 14.8. The molecule has 1 atom stereocenters. The molecule has 0 rings (SSSR count). The zero-order chi connectivity index (χ0) is 13.1. The summed E-state index contributed by atoms with van der Waals surface area (Å²) >= 11 is 0. The number of carbonyl (C=O) groups is 1. The average molecular weight is 227 g/mol. The largest absolute Gasteiger partial charge is 0.340 e. The van der Waals surface area contributed by atoms with Gasteiger partial charge in [-0.25, -0.2) is 0 Å². The molecular formula is C14H29NO. The van der Waals surface area contributed by atoms with Crippen LogP contribution in [0.2, 0.25) is 0 Å². The van der Waals surface area contributed by atoms with Crippen molar-refractivity contribution in [3.8, 4) is 0 Å². The lowest BCUT2D eigenvalue weighted by Gasteiger charge is -2.42. The van der Waals surface area contributed by atoms with Crippen LogP contribution in [0.4, 0.5) is 0 Å². The Labute approximate surface area is 101 Å². The number of nitrogens with zero attached hydrogens (tertiary/aromatic N) is 1. The highest BCUT2D eigenvalue weighted by molar-refractivity contribution is 5.73. The molecule has 0 radical (unpaired) electrons. The Morgan fingerprint density at radius 3 is 1.75 bits per heavy atom. The highest BCUT2D eigenvalue weighted by atomic mass is 16.2. The zero-order valence-corrected chi connectivity index (χ0v) is 12.3. The van der Waals surface area contributed by atoms with Crippen LogP contribution in [0.5, 0.6) is 0 Å². The Hall–Kier alpha value is -0.530. The predicted octanol–water partition coefficient (Wildman–Crippen LogP) is 3.71. The van der Waals surface area contributed by atoms with Crippen molar-refractivity contribution >= 4 is 5.91 Å². The third-order valence-corrected chi connectivity index (χ3v) is 2.93. The number of rotatable bonds is 3. The highest BCUT2D eigenvalue weighted by Crippen LogP contribution is 2.34. The summed E-state index contributed by atoms with van der Waals surface area (Å²) in [6, 6.07) is 0.315. The van der Waals surface area contributed by atoms with Gasteiger partial charge in [-0.15, -0.1) is 0 Å². The average Bonchev–Trinajstić information content (AvgIpc) is 1.99. The molecule has 0 saturated heterocycles. The molecule has 0 aromatic rings. The minimum atomic E-state index is 0.134. The van der Waals surface area contributed by atoms with Crippen molar-refractivity contribution in [1.82, 2.24) is 4.90 Å². The van der Waals surface area contributed by atoms with Crippen LogP contribution < -0.4 is 0 Å².